The molecule has 0 aliphatic rings. The first kappa shape index (κ1) is 16.0. The standard InChI is InChI=1S/C20H22N4/c1-14(2)21-20-23-18(16-10-5-4-6-11-16)13-19(24-20)22-17-12-8-7-9-15(17)3/h4-14H,1-3H3,(H2,21,22,23,24). The van der Waals surface area contributed by atoms with Crippen LogP contribution in [-0.4, -0.2) is 16.0 Å². The van der Waals surface area contributed by atoms with Crippen LogP contribution in [0.5, 0.6) is 0 Å². The second kappa shape index (κ2) is 7.13. The Morgan fingerprint density at radius 1 is 0.875 bits per heavy atom. The van der Waals surface area contributed by atoms with Crippen LogP contribution in [0, 0.1) is 6.92 Å². The molecule has 0 unspecified atom stereocenters. The molecule has 122 valence electrons. The fourth-order valence-corrected chi connectivity index (χ4v) is 2.44. The van der Waals surface area contributed by atoms with Crippen molar-refractivity contribution in [3.63, 3.8) is 0 Å². The molecule has 4 nitrogen and oxygen atoms in total. The molecule has 2 N–H and O–H groups in total. The maximum Gasteiger partial charge on any atom is 0.225 e. The maximum atomic E-state index is 4.65. The number of benzene rings is 2. The monoisotopic (exact) mass is 318 g/mol. The second-order valence-corrected chi connectivity index (χ2v) is 6.07. The van der Waals surface area contributed by atoms with Crippen molar-refractivity contribution in [2.45, 2.75) is 26.8 Å². The van der Waals surface area contributed by atoms with E-state index in [4.69, 9.17) is 0 Å². The molecule has 0 spiro atoms. The van der Waals surface area contributed by atoms with Gasteiger partial charge < -0.3 is 10.6 Å². The van der Waals surface area contributed by atoms with Crippen molar-refractivity contribution < 1.29 is 0 Å². The Kier molecular flexibility index (Phi) is 4.75. The van der Waals surface area contributed by atoms with Crippen LogP contribution in [0.4, 0.5) is 17.5 Å². The van der Waals surface area contributed by atoms with Crippen LogP contribution in [0.2, 0.25) is 0 Å². The summed E-state index contributed by atoms with van der Waals surface area (Å²) in [5, 5.41) is 6.70. The van der Waals surface area contributed by atoms with Gasteiger partial charge in [-0.15, -0.1) is 0 Å². The Bertz CT molecular complexity index is 813. The molecule has 0 radical (unpaired) electrons. The lowest BCUT2D eigenvalue weighted by molar-refractivity contribution is 0.876. The number of aromatic nitrogens is 2. The largest absolute Gasteiger partial charge is 0.352 e. The van der Waals surface area contributed by atoms with Crippen molar-refractivity contribution in [3.8, 4) is 11.3 Å². The summed E-state index contributed by atoms with van der Waals surface area (Å²) in [7, 11) is 0. The summed E-state index contributed by atoms with van der Waals surface area (Å²) in [6.07, 6.45) is 0. The lowest BCUT2D eigenvalue weighted by Crippen LogP contribution is -2.13. The van der Waals surface area contributed by atoms with E-state index in [-0.39, 0.29) is 6.04 Å². The summed E-state index contributed by atoms with van der Waals surface area (Å²) in [5.41, 5.74) is 4.19. The van der Waals surface area contributed by atoms with Crippen LogP contribution >= 0.6 is 0 Å². The number of aryl methyl sites for hydroxylation is 1. The Morgan fingerprint density at radius 2 is 1.58 bits per heavy atom. The summed E-state index contributed by atoms with van der Waals surface area (Å²) in [4.78, 5) is 9.25. The Balaban J connectivity index is 2.00. The zero-order valence-electron chi connectivity index (χ0n) is 14.2. The first-order valence-electron chi connectivity index (χ1n) is 8.15. The molecule has 0 aliphatic heterocycles. The average molecular weight is 318 g/mol. The van der Waals surface area contributed by atoms with Gasteiger partial charge in [0.1, 0.15) is 5.82 Å². The van der Waals surface area contributed by atoms with Gasteiger partial charge in [-0.1, -0.05) is 48.5 Å². The van der Waals surface area contributed by atoms with Crippen LogP contribution in [0.3, 0.4) is 0 Å². The predicted molar refractivity (Wildman–Crippen MR) is 101 cm³/mol. The van der Waals surface area contributed by atoms with E-state index in [9.17, 15) is 0 Å². The van der Waals surface area contributed by atoms with E-state index in [1.54, 1.807) is 0 Å². The van der Waals surface area contributed by atoms with Gasteiger partial charge in [0.15, 0.2) is 0 Å². The van der Waals surface area contributed by atoms with E-state index < -0.39 is 0 Å². The second-order valence-electron chi connectivity index (χ2n) is 6.07. The molecule has 3 aromatic rings. The summed E-state index contributed by atoms with van der Waals surface area (Å²) in [6, 6.07) is 20.6. The van der Waals surface area contributed by atoms with Crippen LogP contribution in [-0.2, 0) is 0 Å². The normalized spacial score (nSPS) is 10.7. The lowest BCUT2D eigenvalue weighted by atomic mass is 10.1. The maximum absolute atomic E-state index is 4.65. The molecule has 3 rings (SSSR count). The zero-order chi connectivity index (χ0) is 16.9. The topological polar surface area (TPSA) is 49.8 Å². The van der Waals surface area contributed by atoms with Crippen LogP contribution in [0.15, 0.2) is 60.7 Å². The Hall–Kier alpha value is -2.88. The molecule has 0 atom stereocenters. The fourth-order valence-electron chi connectivity index (χ4n) is 2.44. The number of hydrogen-bond acceptors (Lipinski definition) is 4. The number of anilines is 3. The third-order valence-corrected chi connectivity index (χ3v) is 3.62. The molecular weight excluding hydrogens is 296 g/mol. The van der Waals surface area contributed by atoms with Gasteiger partial charge in [0, 0.05) is 23.4 Å². The average Bonchev–Trinajstić information content (AvgIpc) is 2.57. The molecule has 1 heterocycles. The van der Waals surface area contributed by atoms with Gasteiger partial charge in [0.25, 0.3) is 0 Å². The van der Waals surface area contributed by atoms with E-state index in [2.05, 4.69) is 65.6 Å². The van der Waals surface area contributed by atoms with E-state index in [1.807, 2.05) is 36.4 Å². The van der Waals surface area contributed by atoms with Gasteiger partial charge in [0.2, 0.25) is 5.95 Å². The lowest BCUT2D eigenvalue weighted by Gasteiger charge is -2.14. The molecule has 0 bridgehead atoms. The van der Waals surface area contributed by atoms with Crippen molar-refractivity contribution in [3.05, 3.63) is 66.2 Å². The van der Waals surface area contributed by atoms with Crippen molar-refractivity contribution in [2.75, 3.05) is 10.6 Å². The highest BCUT2D eigenvalue weighted by Gasteiger charge is 2.08. The Labute approximate surface area is 143 Å². The summed E-state index contributed by atoms with van der Waals surface area (Å²) >= 11 is 0. The quantitative estimate of drug-likeness (QED) is 0.694. The summed E-state index contributed by atoms with van der Waals surface area (Å²) in [6.45, 7) is 6.23. The minimum Gasteiger partial charge on any atom is -0.352 e. The molecule has 0 fully saturated rings. The number of nitrogens with zero attached hydrogens (tertiary/aromatic N) is 2. The molecule has 0 amide bonds. The highest BCUT2D eigenvalue weighted by Crippen LogP contribution is 2.25. The number of rotatable bonds is 5. The summed E-state index contributed by atoms with van der Waals surface area (Å²) in [5.74, 6) is 1.41. The third kappa shape index (κ3) is 3.90. The van der Waals surface area contributed by atoms with Crippen LogP contribution in [0.25, 0.3) is 11.3 Å². The van der Waals surface area contributed by atoms with Crippen molar-refractivity contribution in [1.82, 2.24) is 9.97 Å². The van der Waals surface area contributed by atoms with Gasteiger partial charge in [-0.25, -0.2) is 4.98 Å². The minimum atomic E-state index is 0.266. The highest BCUT2D eigenvalue weighted by atomic mass is 15.2. The smallest absolute Gasteiger partial charge is 0.225 e. The first-order valence-corrected chi connectivity index (χ1v) is 8.15. The van der Waals surface area contributed by atoms with E-state index in [0.29, 0.717) is 5.95 Å². The SMILES string of the molecule is Cc1ccccc1Nc1cc(-c2ccccc2)nc(NC(C)C)n1. The molecule has 0 aliphatic carbocycles. The molecule has 1 aromatic heterocycles. The van der Waals surface area contributed by atoms with E-state index in [0.717, 1.165) is 22.8 Å². The van der Waals surface area contributed by atoms with Gasteiger partial charge in [-0.05, 0) is 32.4 Å². The van der Waals surface area contributed by atoms with Crippen molar-refractivity contribution >= 4 is 17.5 Å². The Morgan fingerprint density at radius 3 is 2.29 bits per heavy atom. The van der Waals surface area contributed by atoms with Crippen molar-refractivity contribution in [2.24, 2.45) is 0 Å². The number of hydrogen-bond donors (Lipinski definition) is 2. The van der Waals surface area contributed by atoms with Gasteiger partial charge >= 0.3 is 0 Å². The van der Waals surface area contributed by atoms with Crippen molar-refractivity contribution in [1.29, 1.82) is 0 Å². The van der Waals surface area contributed by atoms with Gasteiger partial charge in [-0.3, -0.25) is 0 Å². The molecule has 2 aromatic carbocycles. The number of para-hydroxylation sites is 1. The fraction of sp³-hybridized carbons (Fsp3) is 0.200. The first-order chi connectivity index (χ1) is 11.6. The number of nitrogens with one attached hydrogen (secondary N) is 2. The van der Waals surface area contributed by atoms with Crippen LogP contribution in [0.1, 0.15) is 19.4 Å². The van der Waals surface area contributed by atoms with Gasteiger partial charge in [0.05, 0.1) is 5.69 Å². The molecule has 4 heteroatoms. The van der Waals surface area contributed by atoms with E-state index >= 15 is 0 Å². The highest BCUT2D eigenvalue weighted by molar-refractivity contribution is 5.68. The molecular formula is C20H22N4. The molecule has 24 heavy (non-hydrogen) atoms. The predicted octanol–water partition coefficient (Wildman–Crippen LogP) is 5.02. The summed E-state index contributed by atoms with van der Waals surface area (Å²) < 4.78 is 0. The zero-order valence-corrected chi connectivity index (χ0v) is 14.2. The molecule has 0 saturated heterocycles. The minimum absolute atomic E-state index is 0.266. The van der Waals surface area contributed by atoms with Gasteiger partial charge in [-0.2, -0.15) is 4.98 Å². The third-order valence-electron chi connectivity index (χ3n) is 3.62. The van der Waals surface area contributed by atoms with E-state index in [1.165, 1.54) is 5.56 Å². The van der Waals surface area contributed by atoms with Crippen LogP contribution < -0.4 is 10.6 Å². The molecule has 0 saturated carbocycles.